The summed E-state index contributed by atoms with van der Waals surface area (Å²) in [6.07, 6.45) is 1.08. The first kappa shape index (κ1) is 16.9. The minimum Gasteiger partial charge on any atom is -0.340 e. The molecule has 2 aromatic rings. The SMILES string of the molecule is CN(Cc1ccccc1Br)C(=O)Cn1cc([N+](=O)[O-])ccc1=O. The van der Waals surface area contributed by atoms with Crippen molar-refractivity contribution in [3.8, 4) is 0 Å². The van der Waals surface area contributed by atoms with Crippen LogP contribution in [0.4, 0.5) is 5.69 Å². The molecular formula is C15H14BrN3O4. The van der Waals surface area contributed by atoms with Crippen molar-refractivity contribution in [2.45, 2.75) is 13.1 Å². The Morgan fingerprint density at radius 1 is 1.30 bits per heavy atom. The standard InChI is InChI=1S/C15H14BrN3O4/c1-17(8-11-4-2-3-5-13(11)16)15(21)10-18-9-12(19(22)23)6-7-14(18)20/h2-7,9H,8,10H2,1H3. The van der Waals surface area contributed by atoms with Crippen LogP contribution in [-0.4, -0.2) is 27.3 Å². The summed E-state index contributed by atoms with van der Waals surface area (Å²) in [7, 11) is 1.62. The Morgan fingerprint density at radius 2 is 2.00 bits per heavy atom. The lowest BCUT2D eigenvalue weighted by atomic mass is 10.2. The third-order valence-electron chi connectivity index (χ3n) is 3.28. The van der Waals surface area contributed by atoms with Crippen molar-refractivity contribution >= 4 is 27.5 Å². The molecule has 0 radical (unpaired) electrons. The van der Waals surface area contributed by atoms with E-state index in [2.05, 4.69) is 15.9 Å². The monoisotopic (exact) mass is 379 g/mol. The summed E-state index contributed by atoms with van der Waals surface area (Å²) in [5, 5.41) is 10.8. The van der Waals surface area contributed by atoms with Gasteiger partial charge in [0.25, 0.3) is 11.2 Å². The Morgan fingerprint density at radius 3 is 2.65 bits per heavy atom. The van der Waals surface area contributed by atoms with E-state index in [9.17, 15) is 19.7 Å². The highest BCUT2D eigenvalue weighted by molar-refractivity contribution is 9.10. The Hall–Kier alpha value is -2.48. The van der Waals surface area contributed by atoms with E-state index in [0.717, 1.165) is 32.9 Å². The molecule has 0 atom stereocenters. The van der Waals surface area contributed by atoms with E-state index in [1.54, 1.807) is 7.05 Å². The topological polar surface area (TPSA) is 85.4 Å². The largest absolute Gasteiger partial charge is 0.340 e. The van der Waals surface area contributed by atoms with Gasteiger partial charge >= 0.3 is 0 Å². The quantitative estimate of drug-likeness (QED) is 0.588. The molecule has 0 aliphatic heterocycles. The van der Waals surface area contributed by atoms with Crippen molar-refractivity contribution in [1.29, 1.82) is 0 Å². The van der Waals surface area contributed by atoms with Crippen LogP contribution in [0.1, 0.15) is 5.56 Å². The zero-order valence-electron chi connectivity index (χ0n) is 12.3. The maximum absolute atomic E-state index is 12.2. The first-order valence-corrected chi connectivity index (χ1v) is 7.50. The van der Waals surface area contributed by atoms with E-state index < -0.39 is 10.5 Å². The second kappa shape index (κ2) is 7.19. The second-order valence-corrected chi connectivity index (χ2v) is 5.81. The Balaban J connectivity index is 2.12. The van der Waals surface area contributed by atoms with Gasteiger partial charge in [-0.25, -0.2) is 0 Å². The van der Waals surface area contributed by atoms with Crippen molar-refractivity contribution < 1.29 is 9.72 Å². The summed E-state index contributed by atoms with van der Waals surface area (Å²) >= 11 is 3.41. The molecule has 0 spiro atoms. The average Bonchev–Trinajstić information content (AvgIpc) is 2.51. The fourth-order valence-corrected chi connectivity index (χ4v) is 2.40. The highest BCUT2D eigenvalue weighted by Crippen LogP contribution is 2.17. The Bertz CT molecular complexity index is 803. The smallest absolute Gasteiger partial charge is 0.285 e. The summed E-state index contributed by atoms with van der Waals surface area (Å²) in [6.45, 7) is 0.116. The molecule has 0 aliphatic rings. The fourth-order valence-electron chi connectivity index (χ4n) is 1.99. The van der Waals surface area contributed by atoms with E-state index in [4.69, 9.17) is 0 Å². The van der Waals surface area contributed by atoms with E-state index in [1.165, 1.54) is 4.90 Å². The first-order chi connectivity index (χ1) is 10.9. The molecule has 1 amide bonds. The minimum absolute atomic E-state index is 0.231. The number of hydrogen-bond donors (Lipinski definition) is 0. The molecule has 0 unspecified atom stereocenters. The molecule has 1 aromatic carbocycles. The number of carbonyl (C=O) groups is 1. The molecule has 0 bridgehead atoms. The number of nitro groups is 1. The molecule has 8 heteroatoms. The van der Waals surface area contributed by atoms with Crippen LogP contribution in [0.3, 0.4) is 0 Å². The minimum atomic E-state index is -0.606. The van der Waals surface area contributed by atoms with Gasteiger partial charge in [-0.15, -0.1) is 0 Å². The van der Waals surface area contributed by atoms with Gasteiger partial charge in [0.15, 0.2) is 0 Å². The molecule has 0 saturated carbocycles. The maximum Gasteiger partial charge on any atom is 0.285 e. The predicted molar refractivity (Wildman–Crippen MR) is 88.0 cm³/mol. The van der Waals surface area contributed by atoms with Crippen LogP contribution in [0, 0.1) is 10.1 Å². The molecule has 2 rings (SSSR count). The Labute approximate surface area is 140 Å². The van der Waals surface area contributed by atoms with Gasteiger partial charge in [-0.05, 0) is 11.6 Å². The van der Waals surface area contributed by atoms with Gasteiger partial charge in [-0.2, -0.15) is 0 Å². The molecule has 23 heavy (non-hydrogen) atoms. The molecule has 0 N–H and O–H groups in total. The van der Waals surface area contributed by atoms with Gasteiger partial charge in [0, 0.05) is 30.2 Å². The van der Waals surface area contributed by atoms with E-state index in [1.807, 2.05) is 24.3 Å². The summed E-state index contributed by atoms with van der Waals surface area (Å²) in [4.78, 5) is 35.6. The predicted octanol–water partition coefficient (Wildman–Crippen LogP) is 2.18. The molecule has 1 heterocycles. The number of likely N-dealkylation sites (N-methyl/N-ethyl adjacent to an activating group) is 1. The Kier molecular flexibility index (Phi) is 5.28. The van der Waals surface area contributed by atoms with Crippen LogP contribution in [-0.2, 0) is 17.9 Å². The number of carbonyl (C=O) groups excluding carboxylic acids is 1. The van der Waals surface area contributed by atoms with Gasteiger partial charge < -0.3 is 4.90 Å². The van der Waals surface area contributed by atoms with Crippen LogP contribution in [0.25, 0.3) is 0 Å². The van der Waals surface area contributed by atoms with E-state index in [-0.39, 0.29) is 18.1 Å². The number of hydrogen-bond acceptors (Lipinski definition) is 4. The van der Waals surface area contributed by atoms with Gasteiger partial charge in [-0.3, -0.25) is 24.3 Å². The zero-order chi connectivity index (χ0) is 17.0. The van der Waals surface area contributed by atoms with Crippen molar-refractivity contribution in [2.75, 3.05) is 7.05 Å². The van der Waals surface area contributed by atoms with E-state index in [0.29, 0.717) is 6.54 Å². The molecule has 0 saturated heterocycles. The van der Waals surface area contributed by atoms with Crippen molar-refractivity contribution in [1.82, 2.24) is 9.47 Å². The average molecular weight is 380 g/mol. The number of pyridine rings is 1. The van der Waals surface area contributed by atoms with Crippen LogP contribution in [0.5, 0.6) is 0 Å². The van der Waals surface area contributed by atoms with Crippen molar-refractivity contribution in [3.63, 3.8) is 0 Å². The lowest BCUT2D eigenvalue weighted by molar-refractivity contribution is -0.385. The second-order valence-electron chi connectivity index (χ2n) is 4.95. The highest BCUT2D eigenvalue weighted by Gasteiger charge is 2.14. The van der Waals surface area contributed by atoms with Crippen molar-refractivity contribution in [3.05, 3.63) is 73.1 Å². The van der Waals surface area contributed by atoms with Gasteiger partial charge in [0.05, 0.1) is 11.1 Å². The van der Waals surface area contributed by atoms with Gasteiger partial charge in [0.2, 0.25) is 5.91 Å². The summed E-state index contributed by atoms with van der Waals surface area (Å²) in [5.74, 6) is -0.316. The molecule has 0 fully saturated rings. The third-order valence-corrected chi connectivity index (χ3v) is 4.05. The van der Waals surface area contributed by atoms with Crippen LogP contribution in [0.2, 0.25) is 0 Å². The zero-order valence-corrected chi connectivity index (χ0v) is 13.9. The summed E-state index contributed by atoms with van der Waals surface area (Å²) < 4.78 is 1.92. The third kappa shape index (κ3) is 4.26. The van der Waals surface area contributed by atoms with Crippen LogP contribution < -0.4 is 5.56 Å². The molecule has 7 nitrogen and oxygen atoms in total. The normalized spacial score (nSPS) is 10.3. The number of amides is 1. The summed E-state index contributed by atoms with van der Waals surface area (Å²) in [6, 6.07) is 9.70. The molecule has 120 valence electrons. The molecular weight excluding hydrogens is 366 g/mol. The summed E-state index contributed by atoms with van der Waals surface area (Å²) in [5.41, 5.74) is 0.235. The van der Waals surface area contributed by atoms with E-state index >= 15 is 0 Å². The fraction of sp³-hybridized carbons (Fsp3) is 0.200. The number of halogens is 1. The highest BCUT2D eigenvalue weighted by atomic mass is 79.9. The number of rotatable bonds is 5. The number of aromatic nitrogens is 1. The molecule has 1 aromatic heterocycles. The first-order valence-electron chi connectivity index (χ1n) is 6.70. The van der Waals surface area contributed by atoms with Gasteiger partial charge in [0.1, 0.15) is 6.54 Å². The number of benzene rings is 1. The van der Waals surface area contributed by atoms with Crippen LogP contribution >= 0.6 is 15.9 Å². The number of nitrogens with zero attached hydrogens (tertiary/aromatic N) is 3. The lowest BCUT2D eigenvalue weighted by Crippen LogP contribution is -2.33. The van der Waals surface area contributed by atoms with Gasteiger partial charge in [-0.1, -0.05) is 34.1 Å². The van der Waals surface area contributed by atoms with Crippen LogP contribution in [0.15, 0.2) is 51.9 Å². The molecule has 0 aliphatic carbocycles. The maximum atomic E-state index is 12.2. The van der Waals surface area contributed by atoms with Crippen molar-refractivity contribution in [2.24, 2.45) is 0 Å². The lowest BCUT2D eigenvalue weighted by Gasteiger charge is -2.18.